The number of rotatable bonds is 4. The van der Waals surface area contributed by atoms with E-state index < -0.39 is 10.0 Å². The molecule has 1 fully saturated rings. The van der Waals surface area contributed by atoms with Crippen molar-refractivity contribution >= 4 is 33.2 Å². The zero-order valence-corrected chi connectivity index (χ0v) is 15.8. The molecule has 0 saturated carbocycles. The monoisotopic (exact) mass is 394 g/mol. The second-order valence-electron chi connectivity index (χ2n) is 5.99. The molecule has 1 aliphatic rings. The largest absolute Gasteiger partial charge is 0.378 e. The summed E-state index contributed by atoms with van der Waals surface area (Å²) in [5.41, 5.74) is 1.51. The van der Waals surface area contributed by atoms with Crippen LogP contribution in [0.2, 0.25) is 5.02 Å². The highest BCUT2D eigenvalue weighted by Crippen LogP contribution is 2.22. The molecule has 1 heterocycles. The Morgan fingerprint density at radius 2 is 1.77 bits per heavy atom. The fourth-order valence-corrected chi connectivity index (χ4v) is 3.88. The molecule has 1 aliphatic heterocycles. The summed E-state index contributed by atoms with van der Waals surface area (Å²) < 4.78 is 33.1. The maximum atomic E-state index is 12.7. The van der Waals surface area contributed by atoms with Gasteiger partial charge in [-0.2, -0.15) is 0 Å². The van der Waals surface area contributed by atoms with E-state index in [1.165, 1.54) is 12.1 Å². The molecule has 3 rings (SSSR count). The molecule has 2 aromatic carbocycles. The SMILES string of the molecule is Cc1ccc(S(=O)(=O)Nc2ccc(Cl)cc2)cc1C(=O)N1CCOCC1. The Balaban J connectivity index is 1.88. The molecule has 0 bridgehead atoms. The van der Waals surface area contributed by atoms with E-state index in [0.717, 1.165) is 5.56 Å². The van der Waals surface area contributed by atoms with E-state index in [4.69, 9.17) is 16.3 Å². The van der Waals surface area contributed by atoms with Crippen molar-refractivity contribution in [2.45, 2.75) is 11.8 Å². The lowest BCUT2D eigenvalue weighted by Gasteiger charge is -2.27. The lowest BCUT2D eigenvalue weighted by molar-refractivity contribution is 0.0302. The summed E-state index contributed by atoms with van der Waals surface area (Å²) in [7, 11) is -3.82. The van der Waals surface area contributed by atoms with Gasteiger partial charge in [-0.25, -0.2) is 8.42 Å². The fourth-order valence-electron chi connectivity index (χ4n) is 2.67. The van der Waals surface area contributed by atoms with Crippen LogP contribution in [0.5, 0.6) is 0 Å². The zero-order valence-electron chi connectivity index (χ0n) is 14.2. The Kier molecular flexibility index (Phi) is 5.50. The second-order valence-corrected chi connectivity index (χ2v) is 8.11. The number of nitrogens with zero attached hydrogens (tertiary/aromatic N) is 1. The Morgan fingerprint density at radius 3 is 2.42 bits per heavy atom. The molecule has 2 aromatic rings. The van der Waals surface area contributed by atoms with Gasteiger partial charge in [0.1, 0.15) is 0 Å². The van der Waals surface area contributed by atoms with Crippen molar-refractivity contribution in [3.63, 3.8) is 0 Å². The highest BCUT2D eigenvalue weighted by Gasteiger charge is 2.23. The lowest BCUT2D eigenvalue weighted by Crippen LogP contribution is -2.41. The normalized spacial score (nSPS) is 14.9. The minimum Gasteiger partial charge on any atom is -0.378 e. The molecule has 26 heavy (non-hydrogen) atoms. The summed E-state index contributed by atoms with van der Waals surface area (Å²) >= 11 is 5.82. The predicted octanol–water partition coefficient (Wildman–Crippen LogP) is 2.92. The molecule has 8 heteroatoms. The molecule has 0 aliphatic carbocycles. The minimum absolute atomic E-state index is 0.0367. The molecule has 138 valence electrons. The van der Waals surface area contributed by atoms with Crippen LogP contribution in [0.15, 0.2) is 47.4 Å². The van der Waals surface area contributed by atoms with E-state index in [2.05, 4.69) is 4.72 Å². The fraction of sp³-hybridized carbons (Fsp3) is 0.278. The summed E-state index contributed by atoms with van der Waals surface area (Å²) in [6.07, 6.45) is 0. The van der Waals surface area contributed by atoms with Crippen molar-refractivity contribution in [2.24, 2.45) is 0 Å². The van der Waals surface area contributed by atoms with Gasteiger partial charge in [0.15, 0.2) is 0 Å². The number of benzene rings is 2. The molecule has 6 nitrogen and oxygen atoms in total. The summed E-state index contributed by atoms with van der Waals surface area (Å²) in [6.45, 7) is 3.76. The molecule has 1 saturated heterocycles. The van der Waals surface area contributed by atoms with Crippen LogP contribution < -0.4 is 4.72 Å². The number of ether oxygens (including phenoxy) is 1. The van der Waals surface area contributed by atoms with Gasteiger partial charge in [0.25, 0.3) is 15.9 Å². The Morgan fingerprint density at radius 1 is 1.12 bits per heavy atom. The van der Waals surface area contributed by atoms with Crippen LogP contribution >= 0.6 is 11.6 Å². The first-order chi connectivity index (χ1) is 12.4. The van der Waals surface area contributed by atoms with Gasteiger partial charge in [-0.1, -0.05) is 17.7 Å². The number of hydrogen-bond donors (Lipinski definition) is 1. The summed E-state index contributed by atoms with van der Waals surface area (Å²) in [5, 5.41) is 0.515. The third-order valence-corrected chi connectivity index (χ3v) is 5.78. The average Bonchev–Trinajstić information content (AvgIpc) is 2.64. The van der Waals surface area contributed by atoms with E-state index in [0.29, 0.717) is 42.6 Å². The van der Waals surface area contributed by atoms with Gasteiger partial charge in [-0.3, -0.25) is 9.52 Å². The highest BCUT2D eigenvalue weighted by molar-refractivity contribution is 7.92. The number of halogens is 1. The number of hydrogen-bond acceptors (Lipinski definition) is 4. The van der Waals surface area contributed by atoms with Gasteiger partial charge >= 0.3 is 0 Å². The molecule has 0 spiro atoms. The van der Waals surface area contributed by atoms with Crippen molar-refractivity contribution in [3.05, 3.63) is 58.6 Å². The standard InChI is InChI=1S/C18H19ClN2O4S/c1-13-2-7-16(12-17(13)18(22)21-8-10-25-11-9-21)26(23,24)20-15-5-3-14(19)4-6-15/h2-7,12,20H,8-11H2,1H3. The molecule has 0 radical (unpaired) electrons. The van der Waals surface area contributed by atoms with Gasteiger partial charge in [0, 0.05) is 29.4 Å². The Labute approximate surface area is 157 Å². The van der Waals surface area contributed by atoms with Crippen LogP contribution in [-0.2, 0) is 14.8 Å². The molecular weight excluding hydrogens is 376 g/mol. The zero-order chi connectivity index (χ0) is 18.7. The van der Waals surface area contributed by atoms with Crippen LogP contribution in [0.1, 0.15) is 15.9 Å². The number of amides is 1. The van der Waals surface area contributed by atoms with Crippen LogP contribution in [0, 0.1) is 6.92 Å². The number of anilines is 1. The number of carbonyl (C=O) groups excluding carboxylic acids is 1. The van der Waals surface area contributed by atoms with Crippen molar-refractivity contribution in [3.8, 4) is 0 Å². The van der Waals surface area contributed by atoms with Crippen LogP contribution in [0.25, 0.3) is 0 Å². The second kappa shape index (κ2) is 7.65. The minimum atomic E-state index is -3.82. The van der Waals surface area contributed by atoms with E-state index in [1.807, 2.05) is 0 Å². The number of morpholine rings is 1. The van der Waals surface area contributed by atoms with Gasteiger partial charge in [-0.05, 0) is 48.9 Å². The molecule has 0 unspecified atom stereocenters. The van der Waals surface area contributed by atoms with Crippen LogP contribution in [0.3, 0.4) is 0 Å². The van der Waals surface area contributed by atoms with Gasteiger partial charge in [-0.15, -0.1) is 0 Å². The van der Waals surface area contributed by atoms with Crippen molar-refractivity contribution in [2.75, 3.05) is 31.0 Å². The first-order valence-electron chi connectivity index (χ1n) is 8.13. The highest BCUT2D eigenvalue weighted by atomic mass is 35.5. The third-order valence-electron chi connectivity index (χ3n) is 4.14. The topological polar surface area (TPSA) is 75.7 Å². The lowest BCUT2D eigenvalue weighted by atomic mass is 10.1. The number of sulfonamides is 1. The summed E-state index contributed by atoms with van der Waals surface area (Å²) in [5.74, 6) is -0.186. The molecule has 0 aromatic heterocycles. The number of aryl methyl sites for hydroxylation is 1. The van der Waals surface area contributed by atoms with Crippen LogP contribution in [0.4, 0.5) is 5.69 Å². The van der Waals surface area contributed by atoms with E-state index in [9.17, 15) is 13.2 Å². The average molecular weight is 395 g/mol. The Bertz CT molecular complexity index is 907. The molecular formula is C18H19ClN2O4S. The smallest absolute Gasteiger partial charge is 0.261 e. The summed E-state index contributed by atoms with van der Waals surface area (Å²) in [6, 6.07) is 10.9. The molecule has 0 atom stereocenters. The van der Waals surface area contributed by atoms with Gasteiger partial charge < -0.3 is 9.64 Å². The summed E-state index contributed by atoms with van der Waals surface area (Å²) in [4.78, 5) is 14.4. The predicted molar refractivity (Wildman–Crippen MR) is 100 cm³/mol. The molecule has 1 N–H and O–H groups in total. The maximum Gasteiger partial charge on any atom is 0.261 e. The van der Waals surface area contributed by atoms with E-state index in [1.54, 1.807) is 42.2 Å². The number of carbonyl (C=O) groups is 1. The Hall–Kier alpha value is -2.09. The number of nitrogens with one attached hydrogen (secondary N) is 1. The first kappa shape index (κ1) is 18.7. The van der Waals surface area contributed by atoms with Gasteiger partial charge in [0.05, 0.1) is 18.1 Å². The molecule has 1 amide bonds. The van der Waals surface area contributed by atoms with Crippen molar-refractivity contribution < 1.29 is 17.9 Å². The maximum absolute atomic E-state index is 12.7. The van der Waals surface area contributed by atoms with Crippen molar-refractivity contribution in [1.29, 1.82) is 0 Å². The van der Waals surface area contributed by atoms with Crippen molar-refractivity contribution in [1.82, 2.24) is 4.90 Å². The third kappa shape index (κ3) is 4.17. The van der Waals surface area contributed by atoms with Gasteiger partial charge in [0.2, 0.25) is 0 Å². The van der Waals surface area contributed by atoms with Crippen LogP contribution in [-0.4, -0.2) is 45.5 Å². The quantitative estimate of drug-likeness (QED) is 0.865. The van der Waals surface area contributed by atoms with E-state index in [-0.39, 0.29) is 10.8 Å². The first-order valence-corrected chi connectivity index (χ1v) is 9.99. The van der Waals surface area contributed by atoms with E-state index >= 15 is 0 Å².